The second-order valence-corrected chi connectivity index (χ2v) is 7.30. The zero-order chi connectivity index (χ0) is 21.9. The molecule has 1 saturated heterocycles. The lowest BCUT2D eigenvalue weighted by molar-refractivity contribution is -0.140. The van der Waals surface area contributed by atoms with Gasteiger partial charge < -0.3 is 20.5 Å². The molecule has 1 fully saturated rings. The lowest BCUT2D eigenvalue weighted by atomic mass is 10.1. The van der Waals surface area contributed by atoms with Gasteiger partial charge in [-0.25, -0.2) is 11.0 Å². The molecule has 2 aromatic rings. The molecule has 1 aliphatic rings. The largest absolute Gasteiger partial charge is 0.416 e. The van der Waals surface area contributed by atoms with Crippen molar-refractivity contribution in [2.45, 2.75) is 31.9 Å². The van der Waals surface area contributed by atoms with Gasteiger partial charge in [0.25, 0.3) is 0 Å². The molecular formula is C20H24F3N5O2. The molecule has 5 N–H and O–H groups in total. The van der Waals surface area contributed by atoms with Crippen LogP contribution in [-0.2, 0) is 15.7 Å². The Morgan fingerprint density at radius 3 is 2.47 bits per heavy atom. The van der Waals surface area contributed by atoms with Crippen molar-refractivity contribution in [3.63, 3.8) is 0 Å². The number of hydrazine groups is 1. The maximum Gasteiger partial charge on any atom is 0.416 e. The SMILES string of the molecule is CC1(C)OCC(CN(N)/N=C(\N)c2ccccc2Nc2ccc(C(F)(F)F)cc2)O1. The molecule has 1 atom stereocenters. The first-order valence-electron chi connectivity index (χ1n) is 9.25. The van der Waals surface area contributed by atoms with Crippen molar-refractivity contribution in [2.24, 2.45) is 16.7 Å². The molecular weight excluding hydrogens is 399 g/mol. The summed E-state index contributed by atoms with van der Waals surface area (Å²) in [6.45, 7) is 4.30. The second kappa shape index (κ2) is 8.50. The highest BCUT2D eigenvalue weighted by molar-refractivity contribution is 6.02. The average molecular weight is 423 g/mol. The molecule has 0 bridgehead atoms. The normalized spacial score (nSPS) is 19.0. The maximum absolute atomic E-state index is 12.7. The highest BCUT2D eigenvalue weighted by atomic mass is 19.4. The number of halogens is 3. The molecule has 0 spiro atoms. The van der Waals surface area contributed by atoms with Gasteiger partial charge in [-0.1, -0.05) is 12.1 Å². The Morgan fingerprint density at radius 1 is 1.20 bits per heavy atom. The van der Waals surface area contributed by atoms with Crippen molar-refractivity contribution in [3.05, 3.63) is 59.7 Å². The van der Waals surface area contributed by atoms with Gasteiger partial charge >= 0.3 is 6.18 Å². The molecule has 0 saturated carbocycles. The van der Waals surface area contributed by atoms with E-state index in [4.69, 9.17) is 21.1 Å². The molecule has 1 unspecified atom stereocenters. The van der Waals surface area contributed by atoms with Crippen LogP contribution < -0.4 is 16.9 Å². The van der Waals surface area contributed by atoms with Crippen LogP contribution in [0.3, 0.4) is 0 Å². The molecule has 0 radical (unpaired) electrons. The molecule has 0 aliphatic carbocycles. The fraction of sp³-hybridized carbons (Fsp3) is 0.350. The number of hydrogen-bond donors (Lipinski definition) is 3. The molecule has 1 aliphatic heterocycles. The minimum absolute atomic E-state index is 0.144. The zero-order valence-corrected chi connectivity index (χ0v) is 16.6. The molecule has 3 rings (SSSR count). The topological polar surface area (TPSA) is 98.1 Å². The number of amidine groups is 1. The number of nitrogens with zero attached hydrogens (tertiary/aromatic N) is 2. The zero-order valence-electron chi connectivity index (χ0n) is 16.6. The summed E-state index contributed by atoms with van der Waals surface area (Å²) in [6, 6.07) is 11.7. The van der Waals surface area contributed by atoms with Crippen LogP contribution in [0, 0.1) is 0 Å². The van der Waals surface area contributed by atoms with Crippen molar-refractivity contribution < 1.29 is 22.6 Å². The lowest BCUT2D eigenvalue weighted by Crippen LogP contribution is -2.37. The number of ether oxygens (including phenoxy) is 2. The van der Waals surface area contributed by atoms with E-state index in [2.05, 4.69) is 10.4 Å². The highest BCUT2D eigenvalue weighted by Crippen LogP contribution is 2.30. The minimum Gasteiger partial charge on any atom is -0.382 e. The van der Waals surface area contributed by atoms with E-state index in [0.29, 0.717) is 23.5 Å². The Bertz CT molecular complexity index is 900. The van der Waals surface area contributed by atoms with Gasteiger partial charge in [0.1, 0.15) is 6.10 Å². The van der Waals surface area contributed by atoms with Crippen molar-refractivity contribution >= 4 is 17.2 Å². The molecule has 0 amide bonds. The summed E-state index contributed by atoms with van der Waals surface area (Å²) in [6.07, 6.45) is -4.64. The van der Waals surface area contributed by atoms with Crippen LogP contribution in [0.15, 0.2) is 53.6 Å². The maximum atomic E-state index is 12.7. The smallest absolute Gasteiger partial charge is 0.382 e. The Hall–Kier alpha value is -2.82. The number of anilines is 2. The highest BCUT2D eigenvalue weighted by Gasteiger charge is 2.33. The van der Waals surface area contributed by atoms with Gasteiger partial charge in [-0.2, -0.15) is 13.2 Å². The molecule has 10 heteroatoms. The van der Waals surface area contributed by atoms with Crippen LogP contribution in [0.1, 0.15) is 25.0 Å². The van der Waals surface area contributed by atoms with Crippen LogP contribution in [0.4, 0.5) is 24.5 Å². The summed E-state index contributed by atoms with van der Waals surface area (Å²) in [5.41, 5.74) is 7.01. The number of nitrogens with one attached hydrogen (secondary N) is 1. The molecule has 30 heavy (non-hydrogen) atoms. The van der Waals surface area contributed by atoms with Crippen molar-refractivity contribution in [3.8, 4) is 0 Å². The third kappa shape index (κ3) is 5.62. The Balaban J connectivity index is 1.71. The first-order chi connectivity index (χ1) is 14.0. The Kier molecular flexibility index (Phi) is 6.20. The third-order valence-electron chi connectivity index (χ3n) is 4.39. The Morgan fingerprint density at radius 2 is 1.87 bits per heavy atom. The van der Waals surface area contributed by atoms with E-state index in [0.717, 1.165) is 12.1 Å². The second-order valence-electron chi connectivity index (χ2n) is 7.30. The van der Waals surface area contributed by atoms with E-state index >= 15 is 0 Å². The van der Waals surface area contributed by atoms with Crippen molar-refractivity contribution in [1.29, 1.82) is 0 Å². The van der Waals surface area contributed by atoms with Crippen LogP contribution in [0.5, 0.6) is 0 Å². The molecule has 7 nitrogen and oxygen atoms in total. The monoisotopic (exact) mass is 423 g/mol. The third-order valence-corrected chi connectivity index (χ3v) is 4.39. The number of alkyl halides is 3. The van der Waals surface area contributed by atoms with Crippen LogP contribution >= 0.6 is 0 Å². The number of hydrazone groups is 1. The van der Waals surface area contributed by atoms with Crippen LogP contribution in [0.2, 0.25) is 0 Å². The van der Waals surface area contributed by atoms with Gasteiger partial charge in [-0.15, -0.1) is 5.10 Å². The van der Waals surface area contributed by atoms with Crippen molar-refractivity contribution in [1.82, 2.24) is 5.12 Å². The fourth-order valence-corrected chi connectivity index (χ4v) is 3.01. The fourth-order valence-electron chi connectivity index (χ4n) is 3.01. The summed E-state index contributed by atoms with van der Waals surface area (Å²) in [7, 11) is 0. The number of nitrogens with two attached hydrogens (primary N) is 2. The average Bonchev–Trinajstić information content (AvgIpc) is 3.00. The predicted molar refractivity (Wildman–Crippen MR) is 108 cm³/mol. The summed E-state index contributed by atoms with van der Waals surface area (Å²) < 4.78 is 49.4. The van der Waals surface area contributed by atoms with Crippen LogP contribution in [0.25, 0.3) is 0 Å². The predicted octanol–water partition coefficient (Wildman–Crippen LogP) is 3.40. The first-order valence-corrected chi connectivity index (χ1v) is 9.25. The van der Waals surface area contributed by atoms with Gasteiger partial charge in [0.2, 0.25) is 0 Å². The molecule has 2 aromatic carbocycles. The lowest BCUT2D eigenvalue weighted by Gasteiger charge is -2.20. The number of hydrogen-bond acceptors (Lipinski definition) is 6. The van der Waals surface area contributed by atoms with E-state index in [1.165, 1.54) is 17.3 Å². The molecule has 1 heterocycles. The van der Waals surface area contributed by atoms with E-state index in [9.17, 15) is 13.2 Å². The summed E-state index contributed by atoms with van der Waals surface area (Å²) in [4.78, 5) is 0. The molecule has 162 valence electrons. The van der Waals surface area contributed by atoms with E-state index in [1.54, 1.807) is 24.3 Å². The number of rotatable bonds is 6. The summed E-state index contributed by atoms with van der Waals surface area (Å²) in [5.74, 6) is 5.42. The summed E-state index contributed by atoms with van der Waals surface area (Å²) >= 11 is 0. The summed E-state index contributed by atoms with van der Waals surface area (Å²) in [5, 5.41) is 8.43. The van der Waals surface area contributed by atoms with Gasteiger partial charge in [0.05, 0.1) is 18.7 Å². The van der Waals surface area contributed by atoms with Crippen molar-refractivity contribution in [2.75, 3.05) is 18.5 Å². The van der Waals surface area contributed by atoms with Crippen LogP contribution in [-0.4, -0.2) is 36.0 Å². The first kappa shape index (κ1) is 21.9. The standard InChI is InChI=1S/C20H24F3N5O2/c1-19(2)29-12-15(30-19)11-28(25)27-18(24)16-5-3-4-6-17(16)26-14-9-7-13(8-10-14)20(21,22)23/h3-10,15,26H,11-12,25H2,1-2H3,(H2,24,27). The van der Waals surface area contributed by atoms with E-state index in [-0.39, 0.29) is 18.5 Å². The molecule has 0 aromatic heterocycles. The number of benzene rings is 2. The minimum atomic E-state index is -4.39. The van der Waals surface area contributed by atoms with Gasteiger partial charge in [0.15, 0.2) is 11.6 Å². The van der Waals surface area contributed by atoms with E-state index < -0.39 is 17.5 Å². The van der Waals surface area contributed by atoms with Gasteiger partial charge in [-0.05, 0) is 50.2 Å². The van der Waals surface area contributed by atoms with Gasteiger partial charge in [0, 0.05) is 16.9 Å². The van der Waals surface area contributed by atoms with Gasteiger partial charge in [-0.3, -0.25) is 0 Å². The Labute approximate surface area is 172 Å². The van der Waals surface area contributed by atoms with E-state index in [1.807, 2.05) is 13.8 Å². The number of para-hydroxylation sites is 1. The quantitative estimate of drug-likeness (QED) is 0.285.